The van der Waals surface area contributed by atoms with E-state index in [4.69, 9.17) is 5.73 Å². The van der Waals surface area contributed by atoms with Gasteiger partial charge in [0.15, 0.2) is 0 Å². The molecule has 0 saturated heterocycles. The molecule has 1 aliphatic carbocycles. The summed E-state index contributed by atoms with van der Waals surface area (Å²) in [6.07, 6.45) is 6.42. The smallest absolute Gasteiger partial charge is 0.00173 e. The highest BCUT2D eigenvalue weighted by Gasteiger charge is 2.37. The largest absolute Gasteiger partial charge is 0.330 e. The Morgan fingerprint density at radius 3 is 2.16 bits per heavy atom. The van der Waals surface area contributed by atoms with Gasteiger partial charge in [-0.3, -0.25) is 0 Å². The van der Waals surface area contributed by atoms with E-state index in [0.29, 0.717) is 10.8 Å². The summed E-state index contributed by atoms with van der Waals surface area (Å²) in [7, 11) is 0. The number of hydrogen-bond donors (Lipinski definition) is 1. The van der Waals surface area contributed by atoms with Gasteiger partial charge in [0.05, 0.1) is 0 Å². The van der Waals surface area contributed by atoms with Gasteiger partial charge in [0.1, 0.15) is 0 Å². The lowest BCUT2D eigenvalue weighted by atomic mass is 9.62. The molecule has 0 aliphatic heterocycles. The molecule has 1 aromatic rings. The molecule has 2 rings (SSSR count). The van der Waals surface area contributed by atoms with Crippen molar-refractivity contribution >= 4 is 0 Å². The van der Waals surface area contributed by atoms with Crippen LogP contribution in [0.25, 0.3) is 0 Å². The summed E-state index contributed by atoms with van der Waals surface area (Å²) in [5, 5.41) is 0. The van der Waals surface area contributed by atoms with Crippen LogP contribution < -0.4 is 5.73 Å². The van der Waals surface area contributed by atoms with E-state index in [9.17, 15) is 0 Å². The van der Waals surface area contributed by atoms with Gasteiger partial charge < -0.3 is 5.73 Å². The molecule has 0 bridgehead atoms. The van der Waals surface area contributed by atoms with Gasteiger partial charge in [-0.25, -0.2) is 0 Å². The molecule has 106 valence electrons. The average molecular weight is 259 g/mol. The zero-order valence-corrected chi connectivity index (χ0v) is 12.8. The Hall–Kier alpha value is -0.820. The third-order valence-corrected chi connectivity index (χ3v) is 5.13. The number of nitrogens with two attached hydrogens (primary N) is 1. The first-order valence-electron chi connectivity index (χ1n) is 7.69. The van der Waals surface area contributed by atoms with E-state index in [-0.39, 0.29) is 0 Å². The van der Waals surface area contributed by atoms with Gasteiger partial charge in [0.25, 0.3) is 0 Å². The van der Waals surface area contributed by atoms with E-state index < -0.39 is 0 Å². The lowest BCUT2D eigenvalue weighted by Crippen LogP contribution is -2.39. The van der Waals surface area contributed by atoms with Crippen molar-refractivity contribution in [1.82, 2.24) is 0 Å². The lowest BCUT2D eigenvalue weighted by molar-refractivity contribution is 0.0926. The Bertz CT molecular complexity index is 380. The Balaban J connectivity index is 2.02. The molecule has 2 N–H and O–H groups in total. The van der Waals surface area contributed by atoms with E-state index in [1.807, 2.05) is 0 Å². The highest BCUT2D eigenvalue weighted by Crippen LogP contribution is 2.46. The van der Waals surface area contributed by atoms with Crippen molar-refractivity contribution in [2.24, 2.45) is 22.5 Å². The third kappa shape index (κ3) is 3.60. The average Bonchev–Trinajstić information content (AvgIpc) is 2.39. The fraction of sp³-hybridized carbons (Fsp3) is 0.667. The first-order valence-corrected chi connectivity index (χ1v) is 7.69. The fourth-order valence-electron chi connectivity index (χ4n) is 3.58. The van der Waals surface area contributed by atoms with Gasteiger partial charge in [-0.1, -0.05) is 51.1 Å². The SMILES string of the molecule is CC(C)(C)C1CCC(CN)(Cc2ccccc2)CC1. The number of benzene rings is 1. The molecule has 1 saturated carbocycles. The molecule has 1 aromatic carbocycles. The fourth-order valence-corrected chi connectivity index (χ4v) is 3.58. The molecule has 0 unspecified atom stereocenters. The molecule has 0 spiro atoms. The van der Waals surface area contributed by atoms with Gasteiger partial charge >= 0.3 is 0 Å². The summed E-state index contributed by atoms with van der Waals surface area (Å²) in [5.74, 6) is 0.864. The molecule has 0 amide bonds. The van der Waals surface area contributed by atoms with Gasteiger partial charge in [-0.2, -0.15) is 0 Å². The second-order valence-corrected chi connectivity index (χ2v) is 7.51. The highest BCUT2D eigenvalue weighted by molar-refractivity contribution is 5.17. The lowest BCUT2D eigenvalue weighted by Gasteiger charge is -2.44. The van der Waals surface area contributed by atoms with Crippen molar-refractivity contribution in [3.8, 4) is 0 Å². The Morgan fingerprint density at radius 2 is 1.68 bits per heavy atom. The Kier molecular flexibility index (Phi) is 4.35. The van der Waals surface area contributed by atoms with Gasteiger partial charge in [0.2, 0.25) is 0 Å². The molecule has 19 heavy (non-hydrogen) atoms. The van der Waals surface area contributed by atoms with Crippen LogP contribution in [0.3, 0.4) is 0 Å². The topological polar surface area (TPSA) is 26.0 Å². The van der Waals surface area contributed by atoms with E-state index in [1.165, 1.54) is 31.2 Å². The molecule has 0 heterocycles. The van der Waals surface area contributed by atoms with Crippen molar-refractivity contribution in [2.75, 3.05) is 6.54 Å². The monoisotopic (exact) mass is 259 g/mol. The number of rotatable bonds is 3. The van der Waals surface area contributed by atoms with E-state index in [2.05, 4.69) is 51.1 Å². The van der Waals surface area contributed by atoms with Crippen LogP contribution in [-0.4, -0.2) is 6.54 Å². The van der Waals surface area contributed by atoms with Crippen molar-refractivity contribution in [1.29, 1.82) is 0 Å². The van der Waals surface area contributed by atoms with Crippen LogP contribution in [0.1, 0.15) is 52.0 Å². The standard InChI is InChI=1S/C18H29N/c1-17(2,3)16-9-11-18(14-19,12-10-16)13-15-7-5-4-6-8-15/h4-8,16H,9-14,19H2,1-3H3. The maximum absolute atomic E-state index is 6.14. The first-order chi connectivity index (χ1) is 8.95. The van der Waals surface area contributed by atoms with E-state index in [1.54, 1.807) is 0 Å². The van der Waals surface area contributed by atoms with E-state index in [0.717, 1.165) is 18.9 Å². The molecule has 1 aliphatic rings. The second kappa shape index (κ2) is 5.66. The van der Waals surface area contributed by atoms with E-state index >= 15 is 0 Å². The van der Waals surface area contributed by atoms with Gasteiger partial charge in [-0.15, -0.1) is 0 Å². The van der Waals surface area contributed by atoms with Crippen molar-refractivity contribution in [2.45, 2.75) is 52.9 Å². The van der Waals surface area contributed by atoms with Crippen LogP contribution in [0.4, 0.5) is 0 Å². The second-order valence-electron chi connectivity index (χ2n) is 7.51. The highest BCUT2D eigenvalue weighted by atomic mass is 14.6. The summed E-state index contributed by atoms with van der Waals surface area (Å²) in [6, 6.07) is 10.9. The predicted octanol–water partition coefficient (Wildman–Crippen LogP) is 4.41. The predicted molar refractivity (Wildman–Crippen MR) is 83.0 cm³/mol. The van der Waals surface area contributed by atoms with Crippen LogP contribution >= 0.6 is 0 Å². The van der Waals surface area contributed by atoms with Crippen molar-refractivity contribution in [3.63, 3.8) is 0 Å². The van der Waals surface area contributed by atoms with Crippen LogP contribution in [0, 0.1) is 16.7 Å². The van der Waals surface area contributed by atoms with Crippen LogP contribution in [0.15, 0.2) is 30.3 Å². The van der Waals surface area contributed by atoms with Gasteiger partial charge in [0, 0.05) is 0 Å². The molecule has 0 aromatic heterocycles. The minimum absolute atomic E-state index is 0.350. The summed E-state index contributed by atoms with van der Waals surface area (Å²) in [4.78, 5) is 0. The summed E-state index contributed by atoms with van der Waals surface area (Å²) < 4.78 is 0. The normalized spacial score (nSPS) is 28.3. The Morgan fingerprint density at radius 1 is 1.11 bits per heavy atom. The molecule has 1 fully saturated rings. The van der Waals surface area contributed by atoms with Gasteiger partial charge in [-0.05, 0) is 61.0 Å². The quantitative estimate of drug-likeness (QED) is 0.855. The molecule has 1 heteroatoms. The summed E-state index contributed by atoms with van der Waals surface area (Å²) in [5.41, 5.74) is 8.39. The van der Waals surface area contributed by atoms with Crippen LogP contribution in [0.2, 0.25) is 0 Å². The number of hydrogen-bond acceptors (Lipinski definition) is 1. The zero-order valence-electron chi connectivity index (χ0n) is 12.8. The minimum Gasteiger partial charge on any atom is -0.330 e. The maximum atomic E-state index is 6.14. The summed E-state index contributed by atoms with van der Waals surface area (Å²) in [6.45, 7) is 7.97. The zero-order chi connectivity index (χ0) is 13.9. The summed E-state index contributed by atoms with van der Waals surface area (Å²) >= 11 is 0. The molecular weight excluding hydrogens is 230 g/mol. The van der Waals surface area contributed by atoms with Crippen LogP contribution in [-0.2, 0) is 6.42 Å². The van der Waals surface area contributed by atoms with Crippen molar-refractivity contribution < 1.29 is 0 Å². The molecule has 0 atom stereocenters. The molecule has 0 radical (unpaired) electrons. The maximum Gasteiger partial charge on any atom is -0.00173 e. The first kappa shape index (κ1) is 14.6. The van der Waals surface area contributed by atoms with Crippen LogP contribution in [0.5, 0.6) is 0 Å². The minimum atomic E-state index is 0.350. The third-order valence-electron chi connectivity index (χ3n) is 5.13. The Labute approximate surface area is 118 Å². The molecule has 1 nitrogen and oxygen atoms in total. The molecular formula is C18H29N. The van der Waals surface area contributed by atoms with Crippen molar-refractivity contribution in [3.05, 3.63) is 35.9 Å².